The molecule has 1 fully saturated rings. The van der Waals surface area contributed by atoms with Crippen molar-refractivity contribution in [3.8, 4) is 5.75 Å². The van der Waals surface area contributed by atoms with Crippen molar-refractivity contribution in [2.24, 2.45) is 10.7 Å². The number of hydrogen-bond donors (Lipinski definition) is 1. The lowest BCUT2D eigenvalue weighted by molar-refractivity contribution is -0.137. The van der Waals surface area contributed by atoms with Crippen molar-refractivity contribution < 1.29 is 19.1 Å². The second-order valence-corrected chi connectivity index (χ2v) is 6.28. The summed E-state index contributed by atoms with van der Waals surface area (Å²) in [5.74, 6) is 0.159. The fourth-order valence-electron chi connectivity index (χ4n) is 2.32. The van der Waals surface area contributed by atoms with Crippen molar-refractivity contribution in [3.63, 3.8) is 0 Å². The van der Waals surface area contributed by atoms with Gasteiger partial charge in [0.15, 0.2) is 11.8 Å². The highest BCUT2D eigenvalue weighted by Crippen LogP contribution is 2.27. The summed E-state index contributed by atoms with van der Waals surface area (Å²) in [6.45, 7) is 2.28. The van der Waals surface area contributed by atoms with Crippen LogP contribution in [-0.4, -0.2) is 54.8 Å². The molecule has 0 radical (unpaired) electrons. The minimum atomic E-state index is -0.341. The van der Waals surface area contributed by atoms with E-state index in [4.69, 9.17) is 15.2 Å². The first-order valence-electron chi connectivity index (χ1n) is 7.48. The van der Waals surface area contributed by atoms with Crippen molar-refractivity contribution in [1.82, 2.24) is 4.90 Å². The molecule has 2 aliphatic rings. The summed E-state index contributed by atoms with van der Waals surface area (Å²) in [7, 11) is 0. The number of carbonyl (C=O) groups excluding carboxylic acids is 2. The molecule has 0 unspecified atom stereocenters. The first kappa shape index (κ1) is 16.5. The van der Waals surface area contributed by atoms with Gasteiger partial charge < -0.3 is 20.1 Å². The van der Waals surface area contributed by atoms with E-state index in [2.05, 4.69) is 4.99 Å². The molecule has 0 atom stereocenters. The summed E-state index contributed by atoms with van der Waals surface area (Å²) in [4.78, 5) is 29.5. The lowest BCUT2D eigenvalue weighted by atomic mass is 10.2. The smallest absolute Gasteiger partial charge is 0.286 e. The number of amides is 2. The number of hydrogen-bond acceptors (Lipinski definition) is 6. The highest BCUT2D eigenvalue weighted by atomic mass is 32.2. The molecule has 2 N–H and O–H groups in total. The fourth-order valence-corrected chi connectivity index (χ4v) is 3.00. The Kier molecular flexibility index (Phi) is 5.17. The van der Waals surface area contributed by atoms with Crippen molar-refractivity contribution in [2.75, 3.05) is 32.9 Å². The molecule has 1 aromatic rings. The predicted octanol–water partition coefficient (Wildman–Crippen LogP) is 0.853. The van der Waals surface area contributed by atoms with E-state index < -0.39 is 0 Å². The van der Waals surface area contributed by atoms with Crippen LogP contribution in [-0.2, 0) is 14.3 Å². The maximum absolute atomic E-state index is 12.1. The molecule has 7 nitrogen and oxygen atoms in total. The summed E-state index contributed by atoms with van der Waals surface area (Å²) in [5.41, 5.74) is 6.31. The van der Waals surface area contributed by atoms with Crippen LogP contribution < -0.4 is 10.5 Å². The quantitative estimate of drug-likeness (QED) is 0.812. The van der Waals surface area contributed by atoms with Crippen LogP contribution in [0.2, 0.25) is 0 Å². The Bertz CT molecular complexity index is 711. The zero-order valence-corrected chi connectivity index (χ0v) is 13.8. The molecule has 2 heterocycles. The fraction of sp³-hybridized carbons (Fsp3) is 0.312. The summed E-state index contributed by atoms with van der Waals surface area (Å²) in [6, 6.07) is 7.17. The number of aliphatic imine (C=N–C) groups is 1. The minimum Gasteiger partial charge on any atom is -0.484 e. The lowest BCUT2D eigenvalue weighted by Crippen LogP contribution is -2.42. The van der Waals surface area contributed by atoms with Crippen LogP contribution in [0.5, 0.6) is 5.75 Å². The number of nitrogens with two attached hydrogens (primary N) is 1. The molecular formula is C16H17N3O4S. The van der Waals surface area contributed by atoms with Crippen LogP contribution in [0.15, 0.2) is 34.2 Å². The van der Waals surface area contributed by atoms with E-state index in [0.717, 1.165) is 17.3 Å². The topological polar surface area (TPSA) is 94.2 Å². The second-order valence-electron chi connectivity index (χ2n) is 5.22. The zero-order valence-electron chi connectivity index (χ0n) is 12.9. The van der Waals surface area contributed by atoms with Gasteiger partial charge in [-0.05, 0) is 35.5 Å². The van der Waals surface area contributed by atoms with E-state index in [1.807, 2.05) is 6.07 Å². The van der Waals surface area contributed by atoms with Crippen LogP contribution >= 0.6 is 11.8 Å². The number of benzene rings is 1. The average molecular weight is 347 g/mol. The molecule has 1 saturated heterocycles. The number of morpholine rings is 1. The second kappa shape index (κ2) is 7.50. The molecule has 2 aliphatic heterocycles. The van der Waals surface area contributed by atoms with Crippen LogP contribution in [0, 0.1) is 0 Å². The number of carbonyl (C=O) groups is 2. The van der Waals surface area contributed by atoms with Crippen LogP contribution in [0.1, 0.15) is 5.56 Å². The molecule has 0 saturated carbocycles. The van der Waals surface area contributed by atoms with Crippen molar-refractivity contribution in [2.45, 2.75) is 0 Å². The maximum Gasteiger partial charge on any atom is 0.286 e. The van der Waals surface area contributed by atoms with Crippen LogP contribution in [0.3, 0.4) is 0 Å². The Morgan fingerprint density at radius 1 is 1.42 bits per heavy atom. The zero-order chi connectivity index (χ0) is 16.9. The Hall–Kier alpha value is -2.32. The number of rotatable bonds is 4. The molecule has 0 aliphatic carbocycles. The molecule has 8 heteroatoms. The summed E-state index contributed by atoms with van der Waals surface area (Å²) in [6.07, 6.45) is 1.70. The van der Waals surface area contributed by atoms with Crippen molar-refractivity contribution in [3.05, 3.63) is 34.7 Å². The third-order valence-corrected chi connectivity index (χ3v) is 4.33. The van der Waals surface area contributed by atoms with Gasteiger partial charge in [0.25, 0.3) is 11.8 Å². The number of thioether (sulfide) groups is 1. The van der Waals surface area contributed by atoms with Gasteiger partial charge in [-0.15, -0.1) is 0 Å². The van der Waals surface area contributed by atoms with E-state index in [1.165, 1.54) is 0 Å². The largest absolute Gasteiger partial charge is 0.484 e. The highest BCUT2D eigenvalue weighted by Gasteiger charge is 2.19. The Labute approximate surface area is 143 Å². The standard InChI is InChI=1S/C16H17N3O4S/c17-16-18-15(21)13(24-16)9-11-2-1-3-12(8-11)23-10-14(20)19-4-6-22-7-5-19/h1-3,8-9H,4-7,10H2,(H2,17,18,21)/b13-9-. The average Bonchev–Trinajstić information content (AvgIpc) is 2.91. The van der Waals surface area contributed by atoms with Crippen molar-refractivity contribution in [1.29, 1.82) is 0 Å². The monoisotopic (exact) mass is 347 g/mol. The normalized spacial score (nSPS) is 19.5. The Balaban J connectivity index is 1.60. The molecule has 24 heavy (non-hydrogen) atoms. The third-order valence-electron chi connectivity index (χ3n) is 3.52. The van der Waals surface area contributed by atoms with E-state index in [0.29, 0.717) is 37.0 Å². The van der Waals surface area contributed by atoms with Crippen molar-refractivity contribution >= 4 is 34.8 Å². The van der Waals surface area contributed by atoms with Gasteiger partial charge in [-0.2, -0.15) is 4.99 Å². The summed E-state index contributed by atoms with van der Waals surface area (Å²) in [5, 5.41) is 0.245. The molecule has 2 amide bonds. The molecule has 0 spiro atoms. The van der Waals surface area contributed by atoms with Gasteiger partial charge in [0.05, 0.1) is 18.1 Å². The van der Waals surface area contributed by atoms with Gasteiger partial charge in [0.2, 0.25) is 0 Å². The summed E-state index contributed by atoms with van der Waals surface area (Å²) >= 11 is 1.14. The highest BCUT2D eigenvalue weighted by molar-refractivity contribution is 8.18. The van der Waals surface area contributed by atoms with Gasteiger partial charge in [-0.1, -0.05) is 12.1 Å². The van der Waals surface area contributed by atoms with E-state index in [-0.39, 0.29) is 23.6 Å². The number of nitrogens with zero attached hydrogens (tertiary/aromatic N) is 2. The van der Waals surface area contributed by atoms with Gasteiger partial charge in [-0.3, -0.25) is 9.59 Å². The Morgan fingerprint density at radius 3 is 2.92 bits per heavy atom. The van der Waals surface area contributed by atoms with Crippen LogP contribution in [0.25, 0.3) is 6.08 Å². The summed E-state index contributed by atoms with van der Waals surface area (Å²) < 4.78 is 10.8. The van der Waals surface area contributed by atoms with E-state index in [9.17, 15) is 9.59 Å². The van der Waals surface area contributed by atoms with Gasteiger partial charge >= 0.3 is 0 Å². The van der Waals surface area contributed by atoms with Gasteiger partial charge in [-0.25, -0.2) is 0 Å². The van der Waals surface area contributed by atoms with Gasteiger partial charge in [0, 0.05) is 13.1 Å². The van der Waals surface area contributed by atoms with Gasteiger partial charge in [0.1, 0.15) is 5.75 Å². The molecule has 3 rings (SSSR count). The van der Waals surface area contributed by atoms with Crippen LogP contribution in [0.4, 0.5) is 0 Å². The molecular weight excluding hydrogens is 330 g/mol. The Morgan fingerprint density at radius 2 is 2.21 bits per heavy atom. The maximum atomic E-state index is 12.1. The third kappa shape index (κ3) is 4.15. The number of amidine groups is 1. The molecule has 126 valence electrons. The van der Waals surface area contributed by atoms with E-state index >= 15 is 0 Å². The molecule has 0 bridgehead atoms. The SMILES string of the molecule is NC1=NC(=O)/C(=C/c2cccc(OCC(=O)N3CCOCC3)c2)S1. The first-order chi connectivity index (χ1) is 11.6. The molecule has 0 aromatic heterocycles. The minimum absolute atomic E-state index is 0.0240. The van der Waals surface area contributed by atoms with E-state index in [1.54, 1.807) is 29.2 Å². The number of ether oxygens (including phenoxy) is 2. The lowest BCUT2D eigenvalue weighted by Gasteiger charge is -2.26. The predicted molar refractivity (Wildman–Crippen MR) is 91.5 cm³/mol. The first-order valence-corrected chi connectivity index (χ1v) is 8.30. The molecule has 1 aromatic carbocycles.